The molecule has 0 unspecified atom stereocenters. The summed E-state index contributed by atoms with van der Waals surface area (Å²) < 4.78 is 7.60. The molecule has 0 amide bonds. The number of ether oxygens (including phenoxy) is 1. The Morgan fingerprint density at radius 1 is 1.47 bits per heavy atom. The second kappa shape index (κ2) is 4.23. The zero-order chi connectivity index (χ0) is 10.8. The summed E-state index contributed by atoms with van der Waals surface area (Å²) in [5.74, 6) is 2.15. The zero-order valence-corrected chi connectivity index (χ0v) is 9.44. The van der Waals surface area contributed by atoms with E-state index in [-0.39, 0.29) is 0 Å². The van der Waals surface area contributed by atoms with E-state index >= 15 is 0 Å². The maximum atomic E-state index is 5.76. The summed E-state index contributed by atoms with van der Waals surface area (Å²) in [6.07, 6.45) is 4.09. The first-order chi connectivity index (χ1) is 7.18. The minimum Gasteiger partial charge on any atom is -0.382 e. The highest BCUT2D eigenvalue weighted by atomic mass is 16.5. The largest absolute Gasteiger partial charge is 0.382 e. The van der Waals surface area contributed by atoms with Gasteiger partial charge in [0.25, 0.3) is 0 Å². The van der Waals surface area contributed by atoms with Crippen molar-refractivity contribution in [1.29, 1.82) is 0 Å². The number of aromatic nitrogens is 2. The number of nitrogens with zero attached hydrogens (tertiary/aromatic N) is 2. The molecule has 0 spiro atoms. The van der Waals surface area contributed by atoms with Gasteiger partial charge in [0, 0.05) is 31.4 Å². The van der Waals surface area contributed by atoms with Crippen LogP contribution in [0, 0.1) is 0 Å². The zero-order valence-electron chi connectivity index (χ0n) is 9.44. The molecule has 4 heteroatoms. The molecule has 1 aromatic rings. The lowest BCUT2D eigenvalue weighted by atomic mass is 10.1. The number of hydrogen-bond acceptors (Lipinski definition) is 3. The van der Waals surface area contributed by atoms with Crippen molar-refractivity contribution in [3.8, 4) is 0 Å². The highest BCUT2D eigenvalue weighted by Crippen LogP contribution is 2.26. The molecule has 2 heterocycles. The van der Waals surface area contributed by atoms with Gasteiger partial charge in [0.05, 0.1) is 0 Å². The van der Waals surface area contributed by atoms with Gasteiger partial charge in [-0.15, -0.1) is 0 Å². The smallest absolute Gasteiger partial charge is 0.141 e. The minimum atomic E-state index is 0.421. The van der Waals surface area contributed by atoms with Gasteiger partial charge in [-0.05, 0) is 12.8 Å². The fourth-order valence-corrected chi connectivity index (χ4v) is 2.11. The van der Waals surface area contributed by atoms with Crippen LogP contribution in [0.1, 0.15) is 44.5 Å². The summed E-state index contributed by atoms with van der Waals surface area (Å²) in [5.41, 5.74) is 5.76. The third kappa shape index (κ3) is 2.15. The van der Waals surface area contributed by atoms with Crippen LogP contribution < -0.4 is 5.73 Å². The van der Waals surface area contributed by atoms with Crippen LogP contribution in [0.4, 0.5) is 5.82 Å². The van der Waals surface area contributed by atoms with E-state index in [2.05, 4.69) is 23.4 Å². The van der Waals surface area contributed by atoms with Crippen molar-refractivity contribution in [2.24, 2.45) is 0 Å². The quantitative estimate of drug-likeness (QED) is 0.809. The first-order valence-electron chi connectivity index (χ1n) is 5.60. The van der Waals surface area contributed by atoms with Gasteiger partial charge in [-0.2, -0.15) is 0 Å². The van der Waals surface area contributed by atoms with Crippen molar-refractivity contribution in [2.75, 3.05) is 18.9 Å². The molecular formula is C11H19N3O. The van der Waals surface area contributed by atoms with Gasteiger partial charge in [-0.3, -0.25) is 0 Å². The number of hydrogen-bond donors (Lipinski definition) is 1. The van der Waals surface area contributed by atoms with Crippen molar-refractivity contribution in [1.82, 2.24) is 9.55 Å². The second-order valence-corrected chi connectivity index (χ2v) is 4.43. The molecule has 0 aromatic carbocycles. The van der Waals surface area contributed by atoms with E-state index < -0.39 is 0 Å². The van der Waals surface area contributed by atoms with Crippen LogP contribution in [0.5, 0.6) is 0 Å². The van der Waals surface area contributed by atoms with Crippen molar-refractivity contribution in [3.05, 3.63) is 12.0 Å². The highest BCUT2D eigenvalue weighted by Gasteiger charge is 2.20. The second-order valence-electron chi connectivity index (χ2n) is 4.43. The maximum absolute atomic E-state index is 5.76. The first kappa shape index (κ1) is 10.5. The molecule has 1 fully saturated rings. The molecule has 2 N–H and O–H groups in total. The molecule has 84 valence electrons. The van der Waals surface area contributed by atoms with Crippen molar-refractivity contribution in [2.45, 2.75) is 38.6 Å². The van der Waals surface area contributed by atoms with Gasteiger partial charge < -0.3 is 15.0 Å². The van der Waals surface area contributed by atoms with Crippen LogP contribution >= 0.6 is 0 Å². The van der Waals surface area contributed by atoms with Gasteiger partial charge >= 0.3 is 0 Å². The normalized spacial score (nSPS) is 18.6. The maximum Gasteiger partial charge on any atom is 0.141 e. The van der Waals surface area contributed by atoms with Crippen LogP contribution in [0.15, 0.2) is 6.20 Å². The van der Waals surface area contributed by atoms with E-state index in [0.29, 0.717) is 17.8 Å². The standard InChI is InChI=1S/C11H19N3O/c1-8(2)11-13-10(12)7-14(11)9-3-5-15-6-4-9/h7-9H,3-6,12H2,1-2H3. The van der Waals surface area contributed by atoms with E-state index in [4.69, 9.17) is 10.5 Å². The summed E-state index contributed by atoms with van der Waals surface area (Å²) in [7, 11) is 0. The summed E-state index contributed by atoms with van der Waals surface area (Å²) in [6, 6.07) is 0.515. The average Bonchev–Trinajstić information content (AvgIpc) is 2.62. The molecular weight excluding hydrogens is 190 g/mol. The third-order valence-electron chi connectivity index (χ3n) is 2.88. The molecule has 0 saturated carbocycles. The Morgan fingerprint density at radius 2 is 2.13 bits per heavy atom. The predicted molar refractivity (Wildman–Crippen MR) is 59.8 cm³/mol. The molecule has 1 aliphatic rings. The molecule has 0 atom stereocenters. The lowest BCUT2D eigenvalue weighted by molar-refractivity contribution is 0.0686. The van der Waals surface area contributed by atoms with Gasteiger partial charge in [0.2, 0.25) is 0 Å². The molecule has 4 nitrogen and oxygen atoms in total. The van der Waals surface area contributed by atoms with Gasteiger partial charge in [0.1, 0.15) is 11.6 Å². The molecule has 1 saturated heterocycles. The number of anilines is 1. The predicted octanol–water partition coefficient (Wildman–Crippen LogP) is 1.94. The van der Waals surface area contributed by atoms with Gasteiger partial charge in [-0.25, -0.2) is 4.98 Å². The van der Waals surface area contributed by atoms with E-state index in [1.54, 1.807) is 0 Å². The summed E-state index contributed by atoms with van der Waals surface area (Å²) in [4.78, 5) is 4.39. The lowest BCUT2D eigenvalue weighted by Crippen LogP contribution is -2.21. The minimum absolute atomic E-state index is 0.421. The number of nitrogen functional groups attached to an aromatic ring is 1. The summed E-state index contributed by atoms with van der Waals surface area (Å²) in [5, 5.41) is 0. The highest BCUT2D eigenvalue weighted by molar-refractivity contribution is 5.27. The van der Waals surface area contributed by atoms with Crippen LogP contribution in [0.2, 0.25) is 0 Å². The van der Waals surface area contributed by atoms with E-state index in [1.807, 2.05) is 6.20 Å². The van der Waals surface area contributed by atoms with E-state index in [0.717, 1.165) is 31.9 Å². The van der Waals surface area contributed by atoms with Gasteiger partial charge in [0.15, 0.2) is 0 Å². The van der Waals surface area contributed by atoms with E-state index in [9.17, 15) is 0 Å². The molecule has 0 bridgehead atoms. The Kier molecular flexibility index (Phi) is 2.95. The summed E-state index contributed by atoms with van der Waals surface area (Å²) in [6.45, 7) is 6.00. The number of rotatable bonds is 2. The Hall–Kier alpha value is -1.03. The topological polar surface area (TPSA) is 53.1 Å². The Labute approximate surface area is 90.4 Å². The summed E-state index contributed by atoms with van der Waals surface area (Å²) >= 11 is 0. The Morgan fingerprint density at radius 3 is 2.73 bits per heavy atom. The monoisotopic (exact) mass is 209 g/mol. The van der Waals surface area contributed by atoms with Crippen LogP contribution in [-0.2, 0) is 4.74 Å². The number of nitrogens with two attached hydrogens (primary N) is 1. The Balaban J connectivity index is 2.25. The molecule has 1 aliphatic heterocycles. The molecule has 2 rings (SSSR count). The number of imidazole rings is 1. The van der Waals surface area contributed by atoms with Crippen LogP contribution in [0.3, 0.4) is 0 Å². The van der Waals surface area contributed by atoms with Crippen molar-refractivity contribution >= 4 is 5.82 Å². The average molecular weight is 209 g/mol. The van der Waals surface area contributed by atoms with Crippen molar-refractivity contribution < 1.29 is 4.74 Å². The SMILES string of the molecule is CC(C)c1nc(N)cn1C1CCOCC1. The third-order valence-corrected chi connectivity index (χ3v) is 2.88. The first-order valence-corrected chi connectivity index (χ1v) is 5.60. The lowest BCUT2D eigenvalue weighted by Gasteiger charge is -2.25. The molecule has 0 aliphatic carbocycles. The molecule has 1 aromatic heterocycles. The van der Waals surface area contributed by atoms with Crippen LogP contribution in [-0.4, -0.2) is 22.8 Å². The fraction of sp³-hybridized carbons (Fsp3) is 0.727. The van der Waals surface area contributed by atoms with Crippen molar-refractivity contribution in [3.63, 3.8) is 0 Å². The van der Waals surface area contributed by atoms with Crippen LogP contribution in [0.25, 0.3) is 0 Å². The Bertz CT molecular complexity index is 327. The molecule has 15 heavy (non-hydrogen) atoms. The molecule has 0 radical (unpaired) electrons. The fourth-order valence-electron chi connectivity index (χ4n) is 2.11. The van der Waals surface area contributed by atoms with Gasteiger partial charge in [-0.1, -0.05) is 13.8 Å². The van der Waals surface area contributed by atoms with E-state index in [1.165, 1.54) is 0 Å².